The number of hydrogen-bond acceptors (Lipinski definition) is 5. The second kappa shape index (κ2) is 9.26. The predicted molar refractivity (Wildman–Crippen MR) is 118 cm³/mol. The number of hydrogen-bond donors (Lipinski definition) is 3. The molecular formula is C24H19F2N3O5. The highest BCUT2D eigenvalue weighted by molar-refractivity contribution is 5.96. The predicted octanol–water partition coefficient (Wildman–Crippen LogP) is 3.89. The molecule has 0 atom stereocenters. The molecule has 4 rings (SSSR count). The Kier molecular flexibility index (Phi) is 6.22. The molecule has 0 aliphatic heterocycles. The van der Waals surface area contributed by atoms with Crippen LogP contribution in [0, 0.1) is 0 Å². The molecule has 0 saturated carbocycles. The summed E-state index contributed by atoms with van der Waals surface area (Å²) in [5, 5.41) is 12.7. The van der Waals surface area contributed by atoms with Crippen LogP contribution in [-0.4, -0.2) is 47.1 Å². The van der Waals surface area contributed by atoms with Gasteiger partial charge in [-0.3, -0.25) is 4.79 Å². The molecule has 1 heterocycles. The normalized spacial score (nSPS) is 12.4. The van der Waals surface area contributed by atoms with Crippen LogP contribution in [0.2, 0.25) is 0 Å². The Balaban J connectivity index is 1.32. The van der Waals surface area contributed by atoms with Gasteiger partial charge in [-0.15, -0.1) is 0 Å². The van der Waals surface area contributed by atoms with Gasteiger partial charge in [0.25, 0.3) is 5.91 Å². The quantitative estimate of drug-likeness (QED) is 0.485. The number of carbonyl (C=O) groups excluding carboxylic acids is 2. The third-order valence-electron chi connectivity index (χ3n) is 5.37. The number of amides is 2. The van der Waals surface area contributed by atoms with E-state index in [2.05, 4.69) is 4.98 Å². The maximum Gasteiger partial charge on any atom is 0.407 e. The highest BCUT2D eigenvalue weighted by atomic mass is 19.3. The first-order chi connectivity index (χ1) is 16.3. The van der Waals surface area contributed by atoms with Crippen LogP contribution in [0.4, 0.5) is 19.3 Å². The van der Waals surface area contributed by atoms with Gasteiger partial charge in [-0.2, -0.15) is 8.78 Å². The van der Waals surface area contributed by atoms with Gasteiger partial charge in [0.2, 0.25) is 0 Å². The molecule has 34 heavy (non-hydrogen) atoms. The van der Waals surface area contributed by atoms with Gasteiger partial charge in [0.05, 0.1) is 18.4 Å². The van der Waals surface area contributed by atoms with E-state index in [1.807, 2.05) is 59.2 Å². The maximum absolute atomic E-state index is 14.2. The molecule has 2 amide bonds. The number of carboxylic acids is 1. The first-order valence-corrected chi connectivity index (χ1v) is 10.2. The SMILES string of the molecule is O=C(NCC(F)(F)C(=O)Nc1ccc(C(=O)O)nc1)OCC1c2ccccc2-c2ccccc21. The number of rotatable bonds is 7. The van der Waals surface area contributed by atoms with E-state index in [1.165, 1.54) is 0 Å². The number of carboxylic acid groups (broad SMARTS) is 1. The molecule has 0 bridgehead atoms. The van der Waals surface area contributed by atoms with Crippen molar-refractivity contribution >= 4 is 23.7 Å². The fourth-order valence-electron chi connectivity index (χ4n) is 3.73. The summed E-state index contributed by atoms with van der Waals surface area (Å²) in [6, 6.07) is 17.6. The van der Waals surface area contributed by atoms with E-state index in [0.717, 1.165) is 40.6 Å². The number of aromatic nitrogens is 1. The number of nitrogens with zero attached hydrogens (tertiary/aromatic N) is 1. The van der Waals surface area contributed by atoms with Gasteiger partial charge in [0, 0.05) is 5.92 Å². The average molecular weight is 467 g/mol. The lowest BCUT2D eigenvalue weighted by Gasteiger charge is -2.18. The second-order valence-corrected chi connectivity index (χ2v) is 7.57. The van der Waals surface area contributed by atoms with E-state index < -0.39 is 30.4 Å². The minimum absolute atomic E-state index is 0.0563. The molecule has 3 aromatic rings. The molecule has 174 valence electrons. The Morgan fingerprint density at radius 2 is 1.59 bits per heavy atom. The number of anilines is 1. The maximum atomic E-state index is 14.2. The van der Waals surface area contributed by atoms with Crippen LogP contribution >= 0.6 is 0 Å². The van der Waals surface area contributed by atoms with Gasteiger partial charge < -0.3 is 20.5 Å². The van der Waals surface area contributed by atoms with Crippen LogP contribution in [0.5, 0.6) is 0 Å². The van der Waals surface area contributed by atoms with Crippen LogP contribution in [0.1, 0.15) is 27.5 Å². The van der Waals surface area contributed by atoms with Crippen molar-refractivity contribution in [1.82, 2.24) is 10.3 Å². The van der Waals surface area contributed by atoms with Gasteiger partial charge in [0.15, 0.2) is 0 Å². The fourth-order valence-corrected chi connectivity index (χ4v) is 3.73. The Morgan fingerprint density at radius 3 is 2.15 bits per heavy atom. The Morgan fingerprint density at radius 1 is 0.971 bits per heavy atom. The monoisotopic (exact) mass is 467 g/mol. The van der Waals surface area contributed by atoms with E-state index >= 15 is 0 Å². The zero-order chi connectivity index (χ0) is 24.3. The van der Waals surface area contributed by atoms with E-state index in [0.29, 0.717) is 0 Å². The molecular weight excluding hydrogens is 448 g/mol. The topological polar surface area (TPSA) is 118 Å². The van der Waals surface area contributed by atoms with Gasteiger partial charge >= 0.3 is 18.0 Å². The highest BCUT2D eigenvalue weighted by Crippen LogP contribution is 2.44. The van der Waals surface area contributed by atoms with Crippen molar-refractivity contribution < 1.29 is 33.0 Å². The highest BCUT2D eigenvalue weighted by Gasteiger charge is 2.39. The molecule has 0 saturated heterocycles. The van der Waals surface area contributed by atoms with Gasteiger partial charge in [0.1, 0.15) is 12.3 Å². The van der Waals surface area contributed by atoms with Crippen LogP contribution < -0.4 is 10.6 Å². The number of alkyl carbamates (subject to hydrolysis) is 1. The van der Waals surface area contributed by atoms with Crippen molar-refractivity contribution in [2.24, 2.45) is 0 Å². The van der Waals surface area contributed by atoms with Crippen LogP contribution in [0.3, 0.4) is 0 Å². The van der Waals surface area contributed by atoms with E-state index in [1.54, 1.807) is 0 Å². The number of pyridine rings is 1. The number of nitrogens with one attached hydrogen (secondary N) is 2. The standard InChI is InChI=1S/C24H19F2N3O5/c25-24(26,22(32)29-14-9-10-20(21(30)31)27-11-14)13-28-23(33)34-12-19-17-7-3-1-5-15(17)16-6-2-4-8-18(16)19/h1-11,19H,12-13H2,(H,28,33)(H,29,32)(H,30,31). The first-order valence-electron chi connectivity index (χ1n) is 10.2. The van der Waals surface area contributed by atoms with Gasteiger partial charge in [-0.25, -0.2) is 14.6 Å². The smallest absolute Gasteiger partial charge is 0.407 e. The summed E-state index contributed by atoms with van der Waals surface area (Å²) in [7, 11) is 0. The Labute approximate surface area is 192 Å². The molecule has 2 aromatic carbocycles. The van der Waals surface area contributed by atoms with Gasteiger partial charge in [-0.05, 0) is 34.4 Å². The third kappa shape index (κ3) is 4.70. The molecule has 1 aliphatic carbocycles. The lowest BCUT2D eigenvalue weighted by atomic mass is 9.98. The van der Waals surface area contributed by atoms with Crippen molar-refractivity contribution in [3.05, 3.63) is 83.7 Å². The minimum Gasteiger partial charge on any atom is -0.477 e. The minimum atomic E-state index is -3.95. The van der Waals surface area contributed by atoms with E-state index in [9.17, 15) is 23.2 Å². The number of halogens is 2. The van der Waals surface area contributed by atoms with Crippen molar-refractivity contribution in [2.75, 3.05) is 18.5 Å². The molecule has 1 aliphatic rings. The van der Waals surface area contributed by atoms with E-state index in [-0.39, 0.29) is 23.9 Å². The van der Waals surface area contributed by atoms with Crippen molar-refractivity contribution in [1.29, 1.82) is 0 Å². The number of fused-ring (bicyclic) bond motifs is 3. The summed E-state index contributed by atoms with van der Waals surface area (Å²) >= 11 is 0. The van der Waals surface area contributed by atoms with E-state index in [4.69, 9.17) is 9.84 Å². The first kappa shape index (κ1) is 22.8. The fraction of sp³-hybridized carbons (Fsp3) is 0.167. The second-order valence-electron chi connectivity index (χ2n) is 7.57. The number of benzene rings is 2. The zero-order valence-electron chi connectivity index (χ0n) is 17.6. The number of alkyl halides is 2. The molecule has 0 fully saturated rings. The molecule has 10 heteroatoms. The summed E-state index contributed by atoms with van der Waals surface area (Å²) < 4.78 is 33.6. The number of carbonyl (C=O) groups is 3. The lowest BCUT2D eigenvalue weighted by Crippen LogP contribution is -2.45. The Bertz CT molecular complexity index is 1200. The van der Waals surface area contributed by atoms with Crippen LogP contribution in [0.15, 0.2) is 66.9 Å². The molecule has 0 radical (unpaired) electrons. The molecule has 0 spiro atoms. The molecule has 3 N–H and O–H groups in total. The molecule has 8 nitrogen and oxygen atoms in total. The summed E-state index contributed by atoms with van der Waals surface area (Å²) in [6.07, 6.45) is -0.141. The van der Waals surface area contributed by atoms with Crippen LogP contribution in [0.25, 0.3) is 11.1 Å². The summed E-state index contributed by atoms with van der Waals surface area (Å²) in [5.41, 5.74) is 3.59. The number of aromatic carboxylic acids is 1. The summed E-state index contributed by atoms with van der Waals surface area (Å²) in [5.74, 6) is -7.16. The third-order valence-corrected chi connectivity index (χ3v) is 5.37. The van der Waals surface area contributed by atoms with Crippen molar-refractivity contribution in [3.8, 4) is 11.1 Å². The molecule has 0 unspecified atom stereocenters. The summed E-state index contributed by atoms with van der Waals surface area (Å²) in [4.78, 5) is 38.3. The van der Waals surface area contributed by atoms with Gasteiger partial charge in [-0.1, -0.05) is 48.5 Å². The lowest BCUT2D eigenvalue weighted by molar-refractivity contribution is -0.138. The Hall–Kier alpha value is -4.34. The number of ether oxygens (including phenoxy) is 1. The average Bonchev–Trinajstić information content (AvgIpc) is 3.15. The largest absolute Gasteiger partial charge is 0.477 e. The zero-order valence-corrected chi connectivity index (χ0v) is 17.6. The summed E-state index contributed by atoms with van der Waals surface area (Å²) in [6.45, 7) is -1.34. The van der Waals surface area contributed by atoms with Crippen LogP contribution in [-0.2, 0) is 9.53 Å². The van der Waals surface area contributed by atoms with Crippen molar-refractivity contribution in [3.63, 3.8) is 0 Å². The molecule has 1 aromatic heterocycles. The van der Waals surface area contributed by atoms with Crippen molar-refractivity contribution in [2.45, 2.75) is 11.8 Å².